The average Bonchev–Trinajstić information content (AvgIpc) is 2.55. The first-order chi connectivity index (χ1) is 8.34. The molecule has 2 unspecified atom stereocenters. The molecule has 0 aromatic heterocycles. The summed E-state index contributed by atoms with van der Waals surface area (Å²) < 4.78 is -0.630. The Bertz CT molecular complexity index is 392. The van der Waals surface area contributed by atoms with Crippen LogP contribution in [0.5, 0.6) is 0 Å². The standard InChI is InChI=1S/C10H9Cl4NO2S.K.H/c11-9(12)10(13,14)18-15-7(16)5-3-1-2-4-6(5)8(15)17;;/h1-2,5-6,9H,3-4H2;;. The van der Waals surface area contributed by atoms with Crippen molar-refractivity contribution in [3.8, 4) is 0 Å². The van der Waals surface area contributed by atoms with E-state index in [1.54, 1.807) is 0 Å². The van der Waals surface area contributed by atoms with Crippen molar-refractivity contribution in [3.05, 3.63) is 12.2 Å². The molecule has 1 saturated heterocycles. The van der Waals surface area contributed by atoms with E-state index < -0.39 is 8.50 Å². The number of carbonyl (C=O) groups is 2. The second-order valence-corrected chi connectivity index (χ2v) is 8.20. The van der Waals surface area contributed by atoms with E-state index in [2.05, 4.69) is 0 Å². The van der Waals surface area contributed by atoms with Crippen LogP contribution < -0.4 is 0 Å². The van der Waals surface area contributed by atoms with Crippen molar-refractivity contribution in [2.45, 2.75) is 21.3 Å². The van der Waals surface area contributed by atoms with Gasteiger partial charge >= 0.3 is 51.4 Å². The van der Waals surface area contributed by atoms with E-state index in [0.29, 0.717) is 24.8 Å². The van der Waals surface area contributed by atoms with E-state index >= 15 is 0 Å². The van der Waals surface area contributed by atoms with Crippen molar-refractivity contribution >= 4 is 122 Å². The SMILES string of the molecule is O=C1C2CC=CCC2C(=O)N1SC(Cl)(Cl)C(Cl)Cl.[KH]. The fourth-order valence-corrected chi connectivity index (χ4v) is 3.45. The van der Waals surface area contributed by atoms with Crippen LogP contribution in [0.1, 0.15) is 12.8 Å². The zero-order valence-corrected chi connectivity index (χ0v) is 12.8. The Morgan fingerprint density at radius 3 is 1.95 bits per heavy atom. The number of hydrogen-bond donors (Lipinski definition) is 0. The first kappa shape index (κ1) is 19.1. The van der Waals surface area contributed by atoms with Crippen molar-refractivity contribution in [1.29, 1.82) is 0 Å². The van der Waals surface area contributed by atoms with Crippen molar-refractivity contribution in [2.24, 2.45) is 11.8 Å². The Kier molecular flexibility index (Phi) is 7.56. The molecule has 102 valence electrons. The van der Waals surface area contributed by atoms with E-state index in [1.807, 2.05) is 12.2 Å². The van der Waals surface area contributed by atoms with Crippen LogP contribution in [0.3, 0.4) is 0 Å². The van der Waals surface area contributed by atoms with Gasteiger partial charge in [-0.15, -0.1) is 23.2 Å². The Labute approximate surface area is 178 Å². The molecule has 2 rings (SSSR count). The second kappa shape index (κ2) is 7.53. The fourth-order valence-electron chi connectivity index (χ4n) is 2.02. The first-order valence-corrected chi connectivity index (χ1v) is 7.62. The van der Waals surface area contributed by atoms with Gasteiger partial charge in [-0.1, -0.05) is 35.4 Å². The molecule has 2 atom stereocenters. The molecule has 1 aliphatic heterocycles. The Hall–Kier alpha value is 2.03. The first-order valence-electron chi connectivity index (χ1n) is 5.22. The Balaban J connectivity index is 0.00000180. The number of imide groups is 1. The Morgan fingerprint density at radius 2 is 1.58 bits per heavy atom. The van der Waals surface area contributed by atoms with Gasteiger partial charge in [0.1, 0.15) is 0 Å². The maximum atomic E-state index is 12.1. The summed E-state index contributed by atoms with van der Waals surface area (Å²) in [5.74, 6) is -1.19. The van der Waals surface area contributed by atoms with E-state index in [0.717, 1.165) is 4.31 Å². The number of amides is 2. The molecule has 2 aliphatic rings. The van der Waals surface area contributed by atoms with Gasteiger partial charge in [-0.3, -0.25) is 9.59 Å². The molecule has 3 nitrogen and oxygen atoms in total. The topological polar surface area (TPSA) is 37.4 Å². The number of nitrogens with zero attached hydrogens (tertiary/aromatic N) is 1. The van der Waals surface area contributed by atoms with Gasteiger partial charge in [0.05, 0.1) is 11.8 Å². The summed E-state index contributed by atoms with van der Waals surface area (Å²) in [4.78, 5) is 23.1. The molecule has 2 amide bonds. The second-order valence-electron chi connectivity index (χ2n) is 4.08. The zero-order valence-electron chi connectivity index (χ0n) is 8.98. The predicted octanol–water partition coefficient (Wildman–Crippen LogP) is 2.87. The van der Waals surface area contributed by atoms with Crippen molar-refractivity contribution in [2.75, 3.05) is 0 Å². The van der Waals surface area contributed by atoms with Crippen LogP contribution in [0.2, 0.25) is 0 Å². The Morgan fingerprint density at radius 1 is 1.16 bits per heavy atom. The van der Waals surface area contributed by atoms with Crippen molar-refractivity contribution < 1.29 is 9.59 Å². The number of alkyl halides is 4. The normalized spacial score (nSPS) is 26.7. The van der Waals surface area contributed by atoms with Gasteiger partial charge in [0.15, 0.2) is 4.84 Å². The van der Waals surface area contributed by atoms with Gasteiger partial charge < -0.3 is 0 Å². The summed E-state index contributed by atoms with van der Waals surface area (Å²) in [6, 6.07) is 0. The maximum absolute atomic E-state index is 12.1. The monoisotopic (exact) mass is 387 g/mol. The van der Waals surface area contributed by atoms with Crippen LogP contribution in [0, 0.1) is 11.8 Å². The molecule has 9 heteroatoms. The van der Waals surface area contributed by atoms with Gasteiger partial charge in [0.25, 0.3) is 0 Å². The summed E-state index contributed by atoms with van der Waals surface area (Å²) in [6.45, 7) is 0. The third-order valence-electron chi connectivity index (χ3n) is 2.93. The van der Waals surface area contributed by atoms with E-state index in [-0.39, 0.29) is 75.0 Å². The zero-order chi connectivity index (χ0) is 13.5. The summed E-state index contributed by atoms with van der Waals surface area (Å²) in [5, 5.41) is 0. The molecular formula is C10H10Cl4KNO2S. The molecule has 19 heavy (non-hydrogen) atoms. The van der Waals surface area contributed by atoms with Crippen LogP contribution >= 0.6 is 58.4 Å². The summed E-state index contributed by atoms with van der Waals surface area (Å²) in [5.41, 5.74) is 0. The number of hydrogen-bond acceptors (Lipinski definition) is 3. The van der Waals surface area contributed by atoms with Crippen molar-refractivity contribution in [3.63, 3.8) is 0 Å². The molecular weight excluding hydrogens is 379 g/mol. The minimum absolute atomic E-state index is 0. The molecule has 0 aromatic rings. The van der Waals surface area contributed by atoms with Crippen LogP contribution in [-0.2, 0) is 9.59 Å². The van der Waals surface area contributed by atoms with E-state index in [9.17, 15) is 9.59 Å². The van der Waals surface area contributed by atoms with Gasteiger partial charge in [-0.05, 0) is 12.8 Å². The summed E-state index contributed by atoms with van der Waals surface area (Å²) in [6.07, 6.45) is 4.94. The molecule has 1 aliphatic carbocycles. The molecule has 0 N–H and O–H groups in total. The number of fused-ring (bicyclic) bond motifs is 1. The molecule has 0 radical (unpaired) electrons. The van der Waals surface area contributed by atoms with Crippen LogP contribution in [0.15, 0.2) is 12.2 Å². The third kappa shape index (κ3) is 4.06. The third-order valence-corrected chi connectivity index (χ3v) is 6.17. The number of halogens is 4. The van der Waals surface area contributed by atoms with Crippen LogP contribution in [-0.4, -0.2) is 76.0 Å². The molecule has 0 aromatic carbocycles. The number of rotatable bonds is 3. The average molecular weight is 389 g/mol. The van der Waals surface area contributed by atoms with Gasteiger partial charge in [0, 0.05) is 11.9 Å². The van der Waals surface area contributed by atoms with Crippen LogP contribution in [0.25, 0.3) is 0 Å². The van der Waals surface area contributed by atoms with Crippen molar-refractivity contribution in [1.82, 2.24) is 4.31 Å². The predicted molar refractivity (Wildman–Crippen MR) is 81.9 cm³/mol. The summed E-state index contributed by atoms with van der Waals surface area (Å²) >= 11 is 23.7. The minimum atomic E-state index is -1.63. The van der Waals surface area contributed by atoms with E-state index in [1.165, 1.54) is 0 Å². The summed E-state index contributed by atoms with van der Waals surface area (Å²) in [7, 11) is 0. The molecule has 0 spiro atoms. The van der Waals surface area contributed by atoms with E-state index in [4.69, 9.17) is 46.4 Å². The molecule has 1 heterocycles. The fraction of sp³-hybridized carbons (Fsp3) is 0.600. The number of allylic oxidation sites excluding steroid dienone is 2. The van der Waals surface area contributed by atoms with Crippen LogP contribution in [0.4, 0.5) is 0 Å². The van der Waals surface area contributed by atoms with Gasteiger partial charge in [-0.2, -0.15) is 0 Å². The quantitative estimate of drug-likeness (QED) is 0.245. The molecule has 0 saturated carbocycles. The van der Waals surface area contributed by atoms with Gasteiger partial charge in [0.2, 0.25) is 15.5 Å². The molecule has 0 bridgehead atoms. The number of carbonyl (C=O) groups excluding carboxylic acids is 2. The molecule has 1 fully saturated rings. The van der Waals surface area contributed by atoms with Gasteiger partial charge in [-0.25, -0.2) is 4.31 Å².